The minimum absolute atomic E-state index is 0.0587. The molecule has 31 heavy (non-hydrogen) atoms. The summed E-state index contributed by atoms with van der Waals surface area (Å²) in [5.41, 5.74) is 3.22. The van der Waals surface area contributed by atoms with Gasteiger partial charge in [-0.3, -0.25) is 9.59 Å². The normalized spacial score (nSPS) is 16.2. The lowest BCUT2D eigenvalue weighted by molar-refractivity contribution is -0.937. The topological polar surface area (TPSA) is 75.1 Å². The molecule has 1 aliphatic heterocycles. The maximum Gasteiger partial charge on any atom is 0.309 e. The summed E-state index contributed by atoms with van der Waals surface area (Å²) in [7, 11) is 4.02. The Bertz CT molecular complexity index is 849. The lowest BCUT2D eigenvalue weighted by atomic mass is 10.0. The summed E-state index contributed by atoms with van der Waals surface area (Å²) in [6, 6.07) is 17.8. The van der Waals surface area contributed by atoms with Gasteiger partial charge in [0.25, 0.3) is 0 Å². The Morgan fingerprint density at radius 3 is 2.23 bits per heavy atom. The van der Waals surface area contributed by atoms with Gasteiger partial charge in [0, 0.05) is 25.3 Å². The Morgan fingerprint density at radius 2 is 1.61 bits per heavy atom. The molecule has 0 saturated carbocycles. The van der Waals surface area contributed by atoms with Crippen molar-refractivity contribution in [1.82, 2.24) is 10.6 Å². The van der Waals surface area contributed by atoms with Crippen LogP contribution in [0.5, 0.6) is 0 Å². The molecule has 1 fully saturated rings. The van der Waals surface area contributed by atoms with Gasteiger partial charge in [0.2, 0.25) is 0 Å². The van der Waals surface area contributed by atoms with E-state index in [1.54, 1.807) is 0 Å². The van der Waals surface area contributed by atoms with Crippen LogP contribution in [0.3, 0.4) is 0 Å². The Hall–Kier alpha value is -2.90. The quantitative estimate of drug-likeness (QED) is 0.571. The second-order valence-electron chi connectivity index (χ2n) is 8.13. The number of morpholine rings is 1. The highest BCUT2D eigenvalue weighted by molar-refractivity contribution is 6.35. The van der Waals surface area contributed by atoms with E-state index >= 15 is 0 Å². The zero-order chi connectivity index (χ0) is 22.2. The predicted molar refractivity (Wildman–Crippen MR) is 121 cm³/mol. The summed E-state index contributed by atoms with van der Waals surface area (Å²) in [6.45, 7) is 5.39. The van der Waals surface area contributed by atoms with Crippen LogP contribution in [0, 0.1) is 0 Å². The number of nitrogens with one attached hydrogen (secondary N) is 3. The number of amides is 2. The van der Waals surface area contributed by atoms with Crippen LogP contribution in [-0.2, 0) is 14.3 Å². The highest BCUT2D eigenvalue weighted by Gasteiger charge is 2.28. The molecule has 2 aromatic carbocycles. The van der Waals surface area contributed by atoms with Crippen LogP contribution in [-0.4, -0.2) is 58.8 Å². The van der Waals surface area contributed by atoms with Crippen molar-refractivity contribution in [2.75, 3.05) is 51.8 Å². The summed E-state index contributed by atoms with van der Waals surface area (Å²) < 4.78 is 5.51. The van der Waals surface area contributed by atoms with Crippen LogP contribution in [0.2, 0.25) is 0 Å². The molecule has 0 radical (unpaired) electrons. The van der Waals surface area contributed by atoms with Gasteiger partial charge in [0.05, 0.1) is 25.8 Å². The van der Waals surface area contributed by atoms with Crippen molar-refractivity contribution in [3.05, 3.63) is 65.7 Å². The second-order valence-corrected chi connectivity index (χ2v) is 8.13. The number of anilines is 1. The molecule has 0 unspecified atom stereocenters. The van der Waals surface area contributed by atoms with Gasteiger partial charge >= 0.3 is 11.8 Å². The number of rotatable bonds is 7. The third-order valence-electron chi connectivity index (χ3n) is 5.76. The van der Waals surface area contributed by atoms with Crippen LogP contribution in [0.15, 0.2) is 54.6 Å². The fourth-order valence-electron chi connectivity index (χ4n) is 3.85. The molecule has 2 amide bonds. The van der Waals surface area contributed by atoms with Crippen molar-refractivity contribution in [3.8, 4) is 0 Å². The molecule has 2 atom stereocenters. The molecular formula is C24H33N4O3+. The summed E-state index contributed by atoms with van der Waals surface area (Å²) >= 11 is 0. The minimum atomic E-state index is -0.616. The number of benzene rings is 2. The number of quaternary nitrogens is 1. The maximum atomic E-state index is 12.5. The van der Waals surface area contributed by atoms with Crippen molar-refractivity contribution < 1.29 is 19.2 Å². The van der Waals surface area contributed by atoms with E-state index in [9.17, 15) is 9.59 Å². The van der Waals surface area contributed by atoms with Gasteiger partial charge in [-0.25, -0.2) is 0 Å². The Balaban J connectivity index is 1.63. The standard InChI is InChI=1S/C24H32N4O3/c1-18(19-7-5-4-6-8-19)26-24(30)23(29)25-17-22(28-13-15-31-16-14-28)20-9-11-21(12-10-20)27(2)3/h4-12,18,22H,13-17H2,1-3H3,(H,25,29)(H,26,30)/p+1/t18-,22+/m1/s1. The van der Waals surface area contributed by atoms with Crippen molar-refractivity contribution in [2.45, 2.75) is 19.0 Å². The molecule has 1 saturated heterocycles. The molecule has 7 heteroatoms. The first kappa shape index (κ1) is 22.8. The third-order valence-corrected chi connectivity index (χ3v) is 5.76. The van der Waals surface area contributed by atoms with E-state index in [0.717, 1.165) is 29.9 Å². The van der Waals surface area contributed by atoms with Gasteiger partial charge in [-0.2, -0.15) is 0 Å². The fraction of sp³-hybridized carbons (Fsp3) is 0.417. The lowest BCUT2D eigenvalue weighted by Gasteiger charge is -2.32. The molecule has 0 aliphatic carbocycles. The molecule has 3 rings (SSSR count). The average Bonchev–Trinajstić information content (AvgIpc) is 2.80. The Labute approximate surface area is 184 Å². The van der Waals surface area contributed by atoms with Crippen molar-refractivity contribution in [1.29, 1.82) is 0 Å². The predicted octanol–water partition coefficient (Wildman–Crippen LogP) is 0.702. The van der Waals surface area contributed by atoms with Gasteiger partial charge in [0.1, 0.15) is 19.1 Å². The molecule has 7 nitrogen and oxygen atoms in total. The minimum Gasteiger partial charge on any atom is -0.378 e. The molecular weight excluding hydrogens is 392 g/mol. The average molecular weight is 426 g/mol. The molecule has 166 valence electrons. The van der Waals surface area contributed by atoms with Crippen molar-refractivity contribution in [3.63, 3.8) is 0 Å². The number of hydrogen-bond acceptors (Lipinski definition) is 4. The molecule has 0 bridgehead atoms. The first-order chi connectivity index (χ1) is 15.0. The zero-order valence-electron chi connectivity index (χ0n) is 18.6. The highest BCUT2D eigenvalue weighted by atomic mass is 16.5. The summed E-state index contributed by atoms with van der Waals surface area (Å²) in [5, 5.41) is 5.63. The monoisotopic (exact) mass is 425 g/mol. The number of carbonyl (C=O) groups excluding carboxylic acids is 2. The molecule has 1 aliphatic rings. The van der Waals surface area contributed by atoms with Gasteiger partial charge in [-0.1, -0.05) is 42.5 Å². The smallest absolute Gasteiger partial charge is 0.309 e. The summed E-state index contributed by atoms with van der Waals surface area (Å²) in [4.78, 5) is 28.3. The molecule has 0 spiro atoms. The van der Waals surface area contributed by atoms with Gasteiger partial charge in [-0.05, 0) is 24.6 Å². The van der Waals surface area contributed by atoms with E-state index < -0.39 is 11.8 Å². The molecule has 0 aromatic heterocycles. The first-order valence-corrected chi connectivity index (χ1v) is 10.8. The Morgan fingerprint density at radius 1 is 0.968 bits per heavy atom. The van der Waals surface area contributed by atoms with Gasteiger partial charge in [-0.15, -0.1) is 0 Å². The molecule has 2 aromatic rings. The van der Waals surface area contributed by atoms with E-state index in [1.165, 1.54) is 4.90 Å². The highest BCUT2D eigenvalue weighted by Crippen LogP contribution is 2.16. The van der Waals surface area contributed by atoms with Gasteiger partial charge in [0.15, 0.2) is 0 Å². The van der Waals surface area contributed by atoms with E-state index in [-0.39, 0.29) is 12.1 Å². The van der Waals surface area contributed by atoms with E-state index in [1.807, 2.05) is 51.4 Å². The number of carbonyl (C=O) groups is 2. The fourth-order valence-corrected chi connectivity index (χ4v) is 3.85. The van der Waals surface area contributed by atoms with Crippen LogP contribution < -0.4 is 20.4 Å². The van der Waals surface area contributed by atoms with E-state index in [4.69, 9.17) is 4.74 Å². The van der Waals surface area contributed by atoms with E-state index in [2.05, 4.69) is 39.8 Å². The molecule has 1 heterocycles. The number of hydrogen-bond donors (Lipinski definition) is 3. The number of ether oxygens (including phenoxy) is 1. The van der Waals surface area contributed by atoms with Crippen LogP contribution >= 0.6 is 0 Å². The largest absolute Gasteiger partial charge is 0.378 e. The van der Waals surface area contributed by atoms with Crippen molar-refractivity contribution >= 4 is 17.5 Å². The van der Waals surface area contributed by atoms with Crippen molar-refractivity contribution in [2.24, 2.45) is 0 Å². The second kappa shape index (κ2) is 10.9. The van der Waals surface area contributed by atoms with Gasteiger partial charge < -0.3 is 25.2 Å². The van der Waals surface area contributed by atoms with Crippen LogP contribution in [0.25, 0.3) is 0 Å². The lowest BCUT2D eigenvalue weighted by Crippen LogP contribution is -3.15. The zero-order valence-corrected chi connectivity index (χ0v) is 18.6. The summed E-state index contributed by atoms with van der Waals surface area (Å²) in [5.74, 6) is -1.22. The number of nitrogens with zero attached hydrogens (tertiary/aromatic N) is 1. The third kappa shape index (κ3) is 6.29. The van der Waals surface area contributed by atoms with Crippen LogP contribution in [0.4, 0.5) is 5.69 Å². The van der Waals surface area contributed by atoms with E-state index in [0.29, 0.717) is 19.8 Å². The maximum absolute atomic E-state index is 12.5. The van der Waals surface area contributed by atoms with Crippen LogP contribution in [0.1, 0.15) is 30.1 Å². The molecule has 3 N–H and O–H groups in total. The Kier molecular flexibility index (Phi) is 8.03. The SMILES string of the molecule is C[C@@H](NC(=O)C(=O)NC[C@@H](c1ccc(N(C)C)cc1)[NH+]1CCOCC1)c1ccccc1. The first-order valence-electron chi connectivity index (χ1n) is 10.8. The summed E-state index contributed by atoms with van der Waals surface area (Å²) in [6.07, 6.45) is 0.